The highest BCUT2D eigenvalue weighted by atomic mass is 35.5. The Hall–Kier alpha value is -3.20. The average Bonchev–Trinajstić information content (AvgIpc) is 2.90. The molecule has 10 heteroatoms. The highest BCUT2D eigenvalue weighted by molar-refractivity contribution is 6.43. The lowest BCUT2D eigenvalue weighted by Crippen LogP contribution is -2.46. The van der Waals surface area contributed by atoms with E-state index in [0.717, 1.165) is 62.9 Å². The topological polar surface area (TPSA) is 73.2 Å². The number of hydrogen-bond acceptors (Lipinski definition) is 7. The summed E-state index contributed by atoms with van der Waals surface area (Å²) in [5.41, 5.74) is 1.30. The van der Waals surface area contributed by atoms with Crippen molar-refractivity contribution in [2.24, 2.45) is 0 Å². The Balaban J connectivity index is 1.24. The Morgan fingerprint density at radius 1 is 1.03 bits per heavy atom. The van der Waals surface area contributed by atoms with Crippen molar-refractivity contribution in [3.05, 3.63) is 81.8 Å². The van der Waals surface area contributed by atoms with Gasteiger partial charge in [-0.25, -0.2) is 4.79 Å². The molecule has 1 saturated heterocycles. The SMILES string of the molecule is C=COC(=O)OCn1c(=O)ccc2ccc(OCCCCN3CCN(c4cccc(Cl)c4Cl)CC3)cc21. The molecule has 8 nitrogen and oxygen atoms in total. The van der Waals surface area contributed by atoms with Gasteiger partial charge in [-0.15, -0.1) is 0 Å². The van der Waals surface area contributed by atoms with Crippen LogP contribution in [0.2, 0.25) is 10.0 Å². The fourth-order valence-electron chi connectivity index (χ4n) is 4.29. The number of hydrogen-bond donors (Lipinski definition) is 0. The van der Waals surface area contributed by atoms with Gasteiger partial charge < -0.3 is 19.1 Å². The number of carbonyl (C=O) groups is 1. The Labute approximate surface area is 225 Å². The van der Waals surface area contributed by atoms with Gasteiger partial charge in [-0.05, 0) is 55.1 Å². The molecule has 0 saturated carbocycles. The molecular formula is C27H29Cl2N3O5. The third kappa shape index (κ3) is 6.97. The molecule has 37 heavy (non-hydrogen) atoms. The molecule has 0 radical (unpaired) electrons. The number of fused-ring (bicyclic) bond motifs is 1. The summed E-state index contributed by atoms with van der Waals surface area (Å²) in [6, 6.07) is 14.4. The summed E-state index contributed by atoms with van der Waals surface area (Å²) in [5, 5.41) is 2.02. The maximum atomic E-state index is 12.3. The number of benzene rings is 2. The maximum Gasteiger partial charge on any atom is 0.514 e. The van der Waals surface area contributed by atoms with Crippen LogP contribution in [0.15, 0.2) is 66.2 Å². The van der Waals surface area contributed by atoms with Crippen LogP contribution in [0, 0.1) is 0 Å². The second-order valence-electron chi connectivity index (χ2n) is 8.59. The fourth-order valence-corrected chi connectivity index (χ4v) is 4.70. The Kier molecular flexibility index (Phi) is 9.33. The van der Waals surface area contributed by atoms with E-state index in [1.54, 1.807) is 18.2 Å². The van der Waals surface area contributed by atoms with Gasteiger partial charge in [0.2, 0.25) is 0 Å². The van der Waals surface area contributed by atoms with Crippen molar-refractivity contribution in [2.75, 3.05) is 44.2 Å². The molecule has 0 bridgehead atoms. The van der Waals surface area contributed by atoms with Crippen LogP contribution < -0.4 is 15.2 Å². The molecule has 0 atom stereocenters. The molecule has 2 aromatic carbocycles. The molecule has 2 heterocycles. The van der Waals surface area contributed by atoms with Gasteiger partial charge in [0.25, 0.3) is 5.56 Å². The standard InChI is InChI=1S/C27H29Cl2N3O5/c1-2-35-27(34)37-19-32-24-18-21(10-8-20(24)9-11-25(32)33)36-17-4-3-12-30-13-15-31(16-14-30)23-7-5-6-22(28)26(23)29/h2,5-11,18H,1,3-4,12-17,19H2. The number of halogens is 2. The number of anilines is 1. The zero-order valence-corrected chi connectivity index (χ0v) is 21.9. The van der Waals surface area contributed by atoms with E-state index in [0.29, 0.717) is 27.9 Å². The summed E-state index contributed by atoms with van der Waals surface area (Å²) in [6.07, 6.45) is 1.95. The van der Waals surface area contributed by atoms with Crippen LogP contribution >= 0.6 is 23.2 Å². The lowest BCUT2D eigenvalue weighted by atomic mass is 10.2. The van der Waals surface area contributed by atoms with E-state index in [-0.39, 0.29) is 12.3 Å². The second-order valence-corrected chi connectivity index (χ2v) is 9.37. The van der Waals surface area contributed by atoms with Gasteiger partial charge in [0, 0.05) is 38.3 Å². The summed E-state index contributed by atoms with van der Waals surface area (Å²) in [5.74, 6) is 0.646. The molecule has 0 spiro atoms. The van der Waals surface area contributed by atoms with Crippen LogP contribution in [0.5, 0.6) is 5.75 Å². The first kappa shape index (κ1) is 26.9. The molecule has 1 fully saturated rings. The molecule has 0 aliphatic carbocycles. The van der Waals surface area contributed by atoms with Crippen molar-refractivity contribution in [2.45, 2.75) is 19.6 Å². The summed E-state index contributed by atoms with van der Waals surface area (Å²) >= 11 is 12.5. The van der Waals surface area contributed by atoms with E-state index < -0.39 is 6.16 Å². The van der Waals surface area contributed by atoms with Gasteiger partial charge in [0.15, 0.2) is 6.73 Å². The number of unbranched alkanes of at least 4 members (excludes halogenated alkanes) is 1. The summed E-state index contributed by atoms with van der Waals surface area (Å²) in [7, 11) is 0. The van der Waals surface area contributed by atoms with Crippen LogP contribution in [0.4, 0.5) is 10.5 Å². The Morgan fingerprint density at radius 2 is 1.81 bits per heavy atom. The highest BCUT2D eigenvalue weighted by Crippen LogP contribution is 2.32. The van der Waals surface area contributed by atoms with Gasteiger partial charge >= 0.3 is 6.16 Å². The van der Waals surface area contributed by atoms with Gasteiger partial charge in [-0.2, -0.15) is 0 Å². The monoisotopic (exact) mass is 545 g/mol. The first-order chi connectivity index (χ1) is 18.0. The number of piperazine rings is 1. The number of pyridine rings is 1. The van der Waals surface area contributed by atoms with E-state index in [2.05, 4.69) is 21.1 Å². The minimum atomic E-state index is -0.930. The van der Waals surface area contributed by atoms with E-state index >= 15 is 0 Å². The largest absolute Gasteiger partial charge is 0.514 e. The quantitative estimate of drug-likeness (QED) is 0.188. The van der Waals surface area contributed by atoms with E-state index in [1.807, 2.05) is 24.3 Å². The van der Waals surface area contributed by atoms with Crippen LogP contribution in [0.25, 0.3) is 10.9 Å². The zero-order chi connectivity index (χ0) is 26.2. The number of aromatic nitrogens is 1. The lowest BCUT2D eigenvalue weighted by molar-refractivity contribution is 0.0596. The van der Waals surface area contributed by atoms with Crippen LogP contribution in [0.3, 0.4) is 0 Å². The molecule has 3 aromatic rings. The molecule has 196 valence electrons. The molecule has 1 aliphatic heterocycles. The zero-order valence-electron chi connectivity index (χ0n) is 20.4. The van der Waals surface area contributed by atoms with E-state index in [1.165, 1.54) is 10.6 Å². The summed E-state index contributed by atoms with van der Waals surface area (Å²) in [6.45, 7) is 8.33. The van der Waals surface area contributed by atoms with Crippen molar-refractivity contribution < 1.29 is 19.0 Å². The third-order valence-electron chi connectivity index (χ3n) is 6.24. The Morgan fingerprint density at radius 3 is 2.59 bits per heavy atom. The molecule has 0 N–H and O–H groups in total. The van der Waals surface area contributed by atoms with Crippen molar-refractivity contribution in [3.63, 3.8) is 0 Å². The van der Waals surface area contributed by atoms with E-state index in [9.17, 15) is 9.59 Å². The molecule has 4 rings (SSSR count). The number of nitrogens with zero attached hydrogens (tertiary/aromatic N) is 3. The van der Waals surface area contributed by atoms with Crippen molar-refractivity contribution >= 4 is 45.9 Å². The summed E-state index contributed by atoms with van der Waals surface area (Å²) < 4.78 is 16.8. The lowest BCUT2D eigenvalue weighted by Gasteiger charge is -2.36. The van der Waals surface area contributed by atoms with Crippen molar-refractivity contribution in [1.29, 1.82) is 0 Å². The molecule has 1 aromatic heterocycles. The van der Waals surface area contributed by atoms with Gasteiger partial charge in [0.05, 0.1) is 34.1 Å². The molecule has 0 amide bonds. The van der Waals surface area contributed by atoms with Gasteiger partial charge in [-0.1, -0.05) is 35.8 Å². The van der Waals surface area contributed by atoms with Crippen LogP contribution in [-0.4, -0.2) is 55.0 Å². The van der Waals surface area contributed by atoms with Crippen LogP contribution in [0.1, 0.15) is 12.8 Å². The molecule has 0 unspecified atom stereocenters. The first-order valence-electron chi connectivity index (χ1n) is 12.1. The number of rotatable bonds is 10. The molecule has 1 aliphatic rings. The smallest absolute Gasteiger partial charge is 0.494 e. The predicted octanol–water partition coefficient (Wildman–Crippen LogP) is 5.54. The second kappa shape index (κ2) is 12.9. The van der Waals surface area contributed by atoms with E-state index in [4.69, 9.17) is 32.7 Å². The minimum absolute atomic E-state index is 0.275. The highest BCUT2D eigenvalue weighted by Gasteiger charge is 2.19. The molecular weight excluding hydrogens is 517 g/mol. The number of ether oxygens (including phenoxy) is 3. The Bertz CT molecular complexity index is 1300. The minimum Gasteiger partial charge on any atom is -0.494 e. The van der Waals surface area contributed by atoms with Crippen molar-refractivity contribution in [1.82, 2.24) is 9.47 Å². The van der Waals surface area contributed by atoms with Gasteiger partial charge in [0.1, 0.15) is 5.75 Å². The van der Waals surface area contributed by atoms with Crippen molar-refractivity contribution in [3.8, 4) is 5.75 Å². The summed E-state index contributed by atoms with van der Waals surface area (Å²) in [4.78, 5) is 28.6. The van der Waals surface area contributed by atoms with Gasteiger partial charge in [-0.3, -0.25) is 14.3 Å². The normalized spacial score (nSPS) is 13.9. The predicted molar refractivity (Wildman–Crippen MR) is 146 cm³/mol. The van der Waals surface area contributed by atoms with Crippen LogP contribution in [-0.2, 0) is 16.2 Å². The third-order valence-corrected chi connectivity index (χ3v) is 7.05. The number of carbonyl (C=O) groups excluding carboxylic acids is 1. The average molecular weight is 546 g/mol. The first-order valence-corrected chi connectivity index (χ1v) is 12.8. The fraction of sp³-hybridized carbons (Fsp3) is 0.333. The maximum absolute atomic E-state index is 12.3.